The van der Waals surface area contributed by atoms with Crippen LogP contribution in [-0.2, 0) is 9.53 Å². The molecule has 0 spiro atoms. The lowest BCUT2D eigenvalue weighted by atomic mass is 10.0. The maximum atomic E-state index is 12.7. The fraction of sp³-hybridized carbons (Fsp3) is 0.529. The van der Waals surface area contributed by atoms with Crippen LogP contribution in [0.25, 0.3) is 10.9 Å². The van der Waals surface area contributed by atoms with Gasteiger partial charge >= 0.3 is 0 Å². The highest BCUT2D eigenvalue weighted by Crippen LogP contribution is 2.17. The minimum atomic E-state index is -0.698. The maximum absolute atomic E-state index is 12.7. The summed E-state index contributed by atoms with van der Waals surface area (Å²) in [5.74, 6) is -0.324. The number of ether oxygens (including phenoxy) is 1. The van der Waals surface area contributed by atoms with Crippen LogP contribution in [0.1, 0.15) is 32.7 Å². The Hall–Kier alpha value is -2.28. The molecule has 3 rings (SSSR count). The summed E-state index contributed by atoms with van der Waals surface area (Å²) in [6.45, 7) is 4.97. The van der Waals surface area contributed by atoms with Crippen molar-refractivity contribution in [2.24, 2.45) is 5.92 Å². The second kappa shape index (κ2) is 7.09. The van der Waals surface area contributed by atoms with Crippen molar-refractivity contribution in [2.45, 2.75) is 38.8 Å². The van der Waals surface area contributed by atoms with Crippen molar-refractivity contribution in [3.8, 4) is 0 Å². The SMILES string of the molecule is CC(C)C(C(=O)NCC1CCCO1)n1nnc2ccccc2c1=O. The van der Waals surface area contributed by atoms with Crippen LogP contribution in [-0.4, -0.2) is 40.2 Å². The number of hydrogen-bond donors (Lipinski definition) is 1. The van der Waals surface area contributed by atoms with E-state index in [9.17, 15) is 9.59 Å². The van der Waals surface area contributed by atoms with Gasteiger partial charge in [-0.2, -0.15) is 4.68 Å². The first-order valence-corrected chi connectivity index (χ1v) is 8.31. The zero-order chi connectivity index (χ0) is 17.1. The number of hydrogen-bond acceptors (Lipinski definition) is 5. The molecule has 1 saturated heterocycles. The van der Waals surface area contributed by atoms with Crippen molar-refractivity contribution in [1.29, 1.82) is 0 Å². The Bertz CT molecular complexity index is 781. The van der Waals surface area contributed by atoms with Gasteiger partial charge in [-0.15, -0.1) is 5.10 Å². The molecule has 0 saturated carbocycles. The van der Waals surface area contributed by atoms with Gasteiger partial charge < -0.3 is 10.1 Å². The molecule has 2 unspecified atom stereocenters. The molecule has 1 N–H and O–H groups in total. The first-order chi connectivity index (χ1) is 11.6. The number of nitrogens with one attached hydrogen (secondary N) is 1. The van der Waals surface area contributed by atoms with E-state index in [4.69, 9.17) is 4.74 Å². The summed E-state index contributed by atoms with van der Waals surface area (Å²) in [5, 5.41) is 11.4. The number of amides is 1. The highest BCUT2D eigenvalue weighted by molar-refractivity contribution is 5.81. The molecule has 128 valence electrons. The van der Waals surface area contributed by atoms with E-state index >= 15 is 0 Å². The Balaban J connectivity index is 1.86. The van der Waals surface area contributed by atoms with Gasteiger partial charge in [-0.1, -0.05) is 31.2 Å². The molecule has 24 heavy (non-hydrogen) atoms. The van der Waals surface area contributed by atoms with Crippen LogP contribution in [0.4, 0.5) is 0 Å². The molecular formula is C17H22N4O3. The van der Waals surface area contributed by atoms with E-state index in [-0.39, 0.29) is 23.5 Å². The van der Waals surface area contributed by atoms with Gasteiger partial charge in [0, 0.05) is 13.2 Å². The molecule has 2 heterocycles. The first-order valence-electron chi connectivity index (χ1n) is 8.31. The maximum Gasteiger partial charge on any atom is 0.278 e. The Morgan fingerprint density at radius 3 is 2.92 bits per heavy atom. The van der Waals surface area contributed by atoms with Gasteiger partial charge in [0.15, 0.2) is 0 Å². The number of rotatable bonds is 5. The zero-order valence-electron chi connectivity index (χ0n) is 13.9. The third kappa shape index (κ3) is 3.31. The predicted octanol–water partition coefficient (Wildman–Crippen LogP) is 1.28. The van der Waals surface area contributed by atoms with E-state index < -0.39 is 6.04 Å². The van der Waals surface area contributed by atoms with Crippen molar-refractivity contribution in [1.82, 2.24) is 20.3 Å². The van der Waals surface area contributed by atoms with Crippen molar-refractivity contribution < 1.29 is 9.53 Å². The predicted molar refractivity (Wildman–Crippen MR) is 89.7 cm³/mol. The van der Waals surface area contributed by atoms with Gasteiger partial charge in [0.2, 0.25) is 5.91 Å². The number of carbonyl (C=O) groups excluding carboxylic acids is 1. The second-order valence-electron chi connectivity index (χ2n) is 6.43. The topological polar surface area (TPSA) is 86.1 Å². The normalized spacial score (nSPS) is 18.9. The summed E-state index contributed by atoms with van der Waals surface area (Å²) in [6, 6.07) is 6.31. The highest BCUT2D eigenvalue weighted by atomic mass is 16.5. The summed E-state index contributed by atoms with van der Waals surface area (Å²) in [4.78, 5) is 25.3. The van der Waals surface area contributed by atoms with E-state index in [1.165, 1.54) is 4.68 Å². The number of fused-ring (bicyclic) bond motifs is 1. The first kappa shape index (κ1) is 16.6. The van der Waals surface area contributed by atoms with Crippen LogP contribution >= 0.6 is 0 Å². The van der Waals surface area contributed by atoms with E-state index in [2.05, 4.69) is 15.6 Å². The second-order valence-corrected chi connectivity index (χ2v) is 6.43. The Labute approximate surface area is 140 Å². The number of aromatic nitrogens is 3. The van der Waals surface area contributed by atoms with Gasteiger partial charge in [0.05, 0.1) is 11.5 Å². The minimum absolute atomic E-state index is 0.0566. The lowest BCUT2D eigenvalue weighted by Gasteiger charge is -2.22. The number of nitrogens with zero attached hydrogens (tertiary/aromatic N) is 3. The Kier molecular flexibility index (Phi) is 4.89. The Morgan fingerprint density at radius 1 is 1.42 bits per heavy atom. The fourth-order valence-electron chi connectivity index (χ4n) is 3.00. The third-order valence-corrected chi connectivity index (χ3v) is 4.28. The lowest BCUT2D eigenvalue weighted by molar-refractivity contribution is -0.126. The highest BCUT2D eigenvalue weighted by Gasteiger charge is 2.28. The fourth-order valence-corrected chi connectivity index (χ4v) is 3.00. The molecule has 2 aromatic rings. The smallest absolute Gasteiger partial charge is 0.278 e. The van der Waals surface area contributed by atoms with E-state index in [0.717, 1.165) is 19.4 Å². The molecule has 1 amide bonds. The quantitative estimate of drug-likeness (QED) is 0.892. The standard InChI is InChI=1S/C17H22N4O3/c1-11(2)15(16(22)18-10-12-6-5-9-24-12)21-17(23)13-7-3-4-8-14(13)19-20-21/h3-4,7-8,11-12,15H,5-6,9-10H2,1-2H3,(H,18,22). The van der Waals surface area contributed by atoms with E-state index in [0.29, 0.717) is 17.4 Å². The summed E-state index contributed by atoms with van der Waals surface area (Å²) < 4.78 is 6.71. The van der Waals surface area contributed by atoms with Gasteiger partial charge in [-0.3, -0.25) is 9.59 Å². The van der Waals surface area contributed by atoms with Crippen molar-refractivity contribution in [3.63, 3.8) is 0 Å². The van der Waals surface area contributed by atoms with Crippen molar-refractivity contribution in [2.75, 3.05) is 13.2 Å². The van der Waals surface area contributed by atoms with Gasteiger partial charge in [-0.05, 0) is 30.9 Å². The summed E-state index contributed by atoms with van der Waals surface area (Å²) in [6.07, 6.45) is 2.02. The number of benzene rings is 1. The molecule has 1 aromatic carbocycles. The van der Waals surface area contributed by atoms with Crippen LogP contribution in [0, 0.1) is 5.92 Å². The van der Waals surface area contributed by atoms with Gasteiger partial charge in [0.1, 0.15) is 11.6 Å². The van der Waals surface area contributed by atoms with Crippen LogP contribution in [0.2, 0.25) is 0 Å². The molecule has 1 fully saturated rings. The van der Waals surface area contributed by atoms with Crippen molar-refractivity contribution >= 4 is 16.8 Å². The molecule has 0 aliphatic carbocycles. The van der Waals surface area contributed by atoms with Crippen molar-refractivity contribution in [3.05, 3.63) is 34.6 Å². The lowest BCUT2D eigenvalue weighted by Crippen LogP contribution is -2.43. The summed E-state index contributed by atoms with van der Waals surface area (Å²) >= 11 is 0. The average molecular weight is 330 g/mol. The van der Waals surface area contributed by atoms with Crippen LogP contribution < -0.4 is 10.9 Å². The van der Waals surface area contributed by atoms with E-state index in [1.807, 2.05) is 13.8 Å². The van der Waals surface area contributed by atoms with Gasteiger partial charge in [0.25, 0.3) is 5.56 Å². The van der Waals surface area contributed by atoms with Crippen LogP contribution in [0.5, 0.6) is 0 Å². The Morgan fingerprint density at radius 2 is 2.21 bits per heavy atom. The molecule has 0 bridgehead atoms. The molecule has 1 aliphatic rings. The number of carbonyl (C=O) groups is 1. The van der Waals surface area contributed by atoms with Gasteiger partial charge in [-0.25, -0.2) is 0 Å². The minimum Gasteiger partial charge on any atom is -0.376 e. The molecule has 1 aliphatic heterocycles. The molecule has 7 heteroatoms. The summed E-state index contributed by atoms with van der Waals surface area (Å²) in [7, 11) is 0. The molecular weight excluding hydrogens is 308 g/mol. The molecule has 7 nitrogen and oxygen atoms in total. The molecule has 0 radical (unpaired) electrons. The van der Waals surface area contributed by atoms with E-state index in [1.54, 1.807) is 24.3 Å². The average Bonchev–Trinajstić information content (AvgIpc) is 3.09. The molecule has 1 aromatic heterocycles. The third-order valence-electron chi connectivity index (χ3n) is 4.28. The van der Waals surface area contributed by atoms with Crippen LogP contribution in [0.15, 0.2) is 29.1 Å². The zero-order valence-corrected chi connectivity index (χ0v) is 13.9. The molecule has 2 atom stereocenters. The monoisotopic (exact) mass is 330 g/mol. The summed E-state index contributed by atoms with van der Waals surface area (Å²) in [5.41, 5.74) is 0.229. The largest absolute Gasteiger partial charge is 0.376 e. The van der Waals surface area contributed by atoms with Crippen LogP contribution in [0.3, 0.4) is 0 Å².